The van der Waals surface area contributed by atoms with Crippen molar-refractivity contribution in [3.8, 4) is 6.01 Å². The number of nitrogen functional groups attached to an aromatic ring is 1. The van der Waals surface area contributed by atoms with Crippen molar-refractivity contribution >= 4 is 17.6 Å². The third-order valence-corrected chi connectivity index (χ3v) is 2.88. The lowest BCUT2D eigenvalue weighted by Crippen LogP contribution is -2.21. The van der Waals surface area contributed by atoms with E-state index in [1.807, 2.05) is 43.9 Å². The van der Waals surface area contributed by atoms with Crippen LogP contribution in [0.15, 0.2) is 24.3 Å². The Kier molecular flexibility index (Phi) is 4.89. The van der Waals surface area contributed by atoms with Crippen LogP contribution in [0.3, 0.4) is 0 Å². The number of rotatable bonds is 6. The van der Waals surface area contributed by atoms with Gasteiger partial charge in [0.2, 0.25) is 11.9 Å². The monoisotopic (exact) mass is 288 g/mol. The molecule has 0 unspecified atom stereocenters. The lowest BCUT2D eigenvalue weighted by Gasteiger charge is -2.21. The van der Waals surface area contributed by atoms with Gasteiger partial charge in [-0.1, -0.05) is 12.1 Å². The summed E-state index contributed by atoms with van der Waals surface area (Å²) in [6.07, 6.45) is 0. The lowest BCUT2D eigenvalue weighted by atomic mass is 10.2. The van der Waals surface area contributed by atoms with Gasteiger partial charge in [-0.2, -0.15) is 15.0 Å². The maximum Gasteiger partial charge on any atom is 0.323 e. The Morgan fingerprint density at radius 1 is 1.24 bits per heavy atom. The molecule has 112 valence electrons. The highest BCUT2D eigenvalue weighted by atomic mass is 16.5. The van der Waals surface area contributed by atoms with Crippen molar-refractivity contribution < 1.29 is 4.74 Å². The van der Waals surface area contributed by atoms with E-state index >= 15 is 0 Å². The number of aryl methyl sites for hydroxylation is 1. The van der Waals surface area contributed by atoms with Gasteiger partial charge in [0.05, 0.1) is 6.61 Å². The molecule has 0 aliphatic heterocycles. The zero-order valence-electron chi connectivity index (χ0n) is 12.5. The summed E-state index contributed by atoms with van der Waals surface area (Å²) in [7, 11) is 0. The van der Waals surface area contributed by atoms with E-state index in [9.17, 15) is 0 Å². The second-order valence-electron chi connectivity index (χ2n) is 4.40. The molecule has 1 aromatic heterocycles. The number of aromatic nitrogens is 3. The van der Waals surface area contributed by atoms with E-state index in [-0.39, 0.29) is 12.0 Å². The highest BCUT2D eigenvalue weighted by Crippen LogP contribution is 2.24. The Bertz CT molecular complexity index is 604. The van der Waals surface area contributed by atoms with Crippen LogP contribution in [0.2, 0.25) is 0 Å². The molecule has 0 saturated heterocycles. The largest absolute Gasteiger partial charge is 0.464 e. The fourth-order valence-electron chi connectivity index (χ4n) is 1.96. The van der Waals surface area contributed by atoms with Crippen LogP contribution < -0.4 is 20.9 Å². The molecule has 1 heterocycles. The number of benzene rings is 1. The zero-order chi connectivity index (χ0) is 15.2. The Morgan fingerprint density at radius 2 is 2.05 bits per heavy atom. The van der Waals surface area contributed by atoms with Crippen molar-refractivity contribution in [2.75, 3.05) is 23.5 Å². The quantitative estimate of drug-likeness (QED) is 0.621. The maximum absolute atomic E-state index is 5.41. The molecule has 2 aromatic rings. The highest BCUT2D eigenvalue weighted by Gasteiger charge is 2.14. The second kappa shape index (κ2) is 6.85. The van der Waals surface area contributed by atoms with E-state index in [2.05, 4.69) is 26.4 Å². The Hall–Kier alpha value is -2.41. The molecule has 0 aliphatic rings. The van der Waals surface area contributed by atoms with E-state index < -0.39 is 0 Å². The maximum atomic E-state index is 5.41. The first kappa shape index (κ1) is 15.0. The van der Waals surface area contributed by atoms with Crippen molar-refractivity contribution in [2.45, 2.75) is 20.8 Å². The highest BCUT2D eigenvalue weighted by molar-refractivity contribution is 5.58. The van der Waals surface area contributed by atoms with Crippen molar-refractivity contribution in [2.24, 2.45) is 5.84 Å². The fraction of sp³-hybridized carbons (Fsp3) is 0.357. The van der Waals surface area contributed by atoms with Crippen molar-refractivity contribution in [1.29, 1.82) is 0 Å². The van der Waals surface area contributed by atoms with Gasteiger partial charge in [-0.25, -0.2) is 5.84 Å². The molecule has 7 nitrogen and oxygen atoms in total. The third-order valence-electron chi connectivity index (χ3n) is 2.88. The van der Waals surface area contributed by atoms with Crippen LogP contribution in [-0.4, -0.2) is 28.1 Å². The molecule has 0 bridgehead atoms. The van der Waals surface area contributed by atoms with Crippen LogP contribution in [0.5, 0.6) is 6.01 Å². The Morgan fingerprint density at radius 3 is 2.67 bits per heavy atom. The molecule has 0 fully saturated rings. The molecule has 0 atom stereocenters. The summed E-state index contributed by atoms with van der Waals surface area (Å²) in [5.74, 6) is 6.18. The Balaban J connectivity index is 2.43. The number of nitrogens with one attached hydrogen (secondary N) is 1. The molecule has 7 heteroatoms. The first-order valence-electron chi connectivity index (χ1n) is 6.87. The van der Waals surface area contributed by atoms with Crippen molar-refractivity contribution in [3.05, 3.63) is 29.8 Å². The van der Waals surface area contributed by atoms with Gasteiger partial charge in [0, 0.05) is 12.2 Å². The lowest BCUT2D eigenvalue weighted by molar-refractivity contribution is 0.312. The minimum atomic E-state index is 0.251. The summed E-state index contributed by atoms with van der Waals surface area (Å²) in [5.41, 5.74) is 4.62. The number of ether oxygens (including phenoxy) is 1. The summed E-state index contributed by atoms with van der Waals surface area (Å²) in [6, 6.07) is 8.38. The molecule has 0 aliphatic carbocycles. The minimum Gasteiger partial charge on any atom is -0.464 e. The Labute approximate surface area is 124 Å². The standard InChI is InChI=1S/C14H20N6O/c1-4-20(11-8-6-7-10(3)9-11)13-16-12(19-15)17-14(18-13)21-5-2/h6-9H,4-5,15H2,1-3H3,(H,16,17,18,19). The molecule has 0 saturated carbocycles. The second-order valence-corrected chi connectivity index (χ2v) is 4.40. The van der Waals surface area contributed by atoms with Gasteiger partial charge in [0.25, 0.3) is 0 Å². The number of nitrogens with two attached hydrogens (primary N) is 1. The van der Waals surface area contributed by atoms with E-state index in [1.54, 1.807) is 0 Å². The molecule has 0 radical (unpaired) electrons. The molecule has 0 amide bonds. The average molecular weight is 288 g/mol. The summed E-state index contributed by atoms with van der Waals surface area (Å²) >= 11 is 0. The third kappa shape index (κ3) is 3.57. The van der Waals surface area contributed by atoms with Gasteiger partial charge < -0.3 is 9.64 Å². The first-order valence-corrected chi connectivity index (χ1v) is 6.87. The number of hydrazine groups is 1. The summed E-state index contributed by atoms with van der Waals surface area (Å²) in [5, 5.41) is 0. The number of hydrogen-bond acceptors (Lipinski definition) is 7. The van der Waals surface area contributed by atoms with Gasteiger partial charge in [0.15, 0.2) is 0 Å². The fourth-order valence-corrected chi connectivity index (χ4v) is 1.96. The molecular formula is C14H20N6O. The van der Waals surface area contributed by atoms with E-state index in [1.165, 1.54) is 5.56 Å². The smallest absolute Gasteiger partial charge is 0.323 e. The molecule has 0 spiro atoms. The first-order chi connectivity index (χ1) is 10.2. The van der Waals surface area contributed by atoms with Gasteiger partial charge in [0.1, 0.15) is 0 Å². The van der Waals surface area contributed by atoms with Crippen molar-refractivity contribution in [3.63, 3.8) is 0 Å². The van der Waals surface area contributed by atoms with Crippen LogP contribution in [-0.2, 0) is 0 Å². The minimum absolute atomic E-state index is 0.251. The average Bonchev–Trinajstić information content (AvgIpc) is 2.48. The van der Waals surface area contributed by atoms with Gasteiger partial charge in [-0.05, 0) is 38.5 Å². The molecular weight excluding hydrogens is 268 g/mol. The molecule has 3 N–H and O–H groups in total. The normalized spacial score (nSPS) is 10.3. The summed E-state index contributed by atoms with van der Waals surface area (Å²) < 4.78 is 5.36. The predicted molar refractivity (Wildman–Crippen MR) is 82.7 cm³/mol. The van der Waals surface area contributed by atoms with Crippen LogP contribution >= 0.6 is 0 Å². The van der Waals surface area contributed by atoms with E-state index in [0.29, 0.717) is 19.1 Å². The topological polar surface area (TPSA) is 89.2 Å². The van der Waals surface area contributed by atoms with E-state index in [4.69, 9.17) is 10.6 Å². The molecule has 1 aromatic carbocycles. The summed E-state index contributed by atoms with van der Waals surface area (Å²) in [4.78, 5) is 14.7. The molecule has 2 rings (SSSR count). The van der Waals surface area contributed by atoms with Gasteiger partial charge >= 0.3 is 6.01 Å². The van der Waals surface area contributed by atoms with Crippen LogP contribution in [0.4, 0.5) is 17.6 Å². The van der Waals surface area contributed by atoms with E-state index in [0.717, 1.165) is 5.69 Å². The number of hydrogen-bond donors (Lipinski definition) is 2. The van der Waals surface area contributed by atoms with Crippen LogP contribution in [0.25, 0.3) is 0 Å². The predicted octanol–water partition coefficient (Wildman–Crippen LogP) is 2.02. The zero-order valence-corrected chi connectivity index (χ0v) is 12.5. The SMILES string of the molecule is CCOc1nc(NN)nc(N(CC)c2cccc(C)c2)n1. The number of anilines is 3. The molecule has 21 heavy (non-hydrogen) atoms. The van der Waals surface area contributed by atoms with Gasteiger partial charge in [-0.15, -0.1) is 0 Å². The van der Waals surface area contributed by atoms with Crippen molar-refractivity contribution in [1.82, 2.24) is 15.0 Å². The van der Waals surface area contributed by atoms with Crippen LogP contribution in [0.1, 0.15) is 19.4 Å². The summed E-state index contributed by atoms with van der Waals surface area (Å²) in [6.45, 7) is 7.13. The van der Waals surface area contributed by atoms with Crippen LogP contribution in [0, 0.1) is 6.92 Å². The number of nitrogens with zero attached hydrogens (tertiary/aromatic N) is 4. The van der Waals surface area contributed by atoms with Gasteiger partial charge in [-0.3, -0.25) is 5.43 Å².